The average molecular weight is 337 g/mol. The number of aryl methyl sites for hydroxylation is 1. The molecule has 5 nitrogen and oxygen atoms in total. The summed E-state index contributed by atoms with van der Waals surface area (Å²) in [7, 11) is 2.11. The van der Waals surface area contributed by atoms with Gasteiger partial charge in [-0.2, -0.15) is 0 Å². The first kappa shape index (κ1) is 16.3. The fourth-order valence-electron chi connectivity index (χ4n) is 3.84. The molecule has 0 aliphatic heterocycles. The van der Waals surface area contributed by atoms with Gasteiger partial charge in [0, 0.05) is 24.4 Å². The van der Waals surface area contributed by atoms with Crippen LogP contribution in [0.4, 0.5) is 5.95 Å². The van der Waals surface area contributed by atoms with Crippen LogP contribution in [0.2, 0.25) is 0 Å². The molecular weight excluding hydrogens is 310 g/mol. The lowest BCUT2D eigenvalue weighted by atomic mass is 9.89. The summed E-state index contributed by atoms with van der Waals surface area (Å²) in [6, 6.07) is 6.75. The maximum absolute atomic E-state index is 5.00. The summed E-state index contributed by atoms with van der Waals surface area (Å²) < 4.78 is 2.22. The van der Waals surface area contributed by atoms with E-state index in [1.54, 1.807) is 0 Å². The van der Waals surface area contributed by atoms with Crippen molar-refractivity contribution in [3.05, 3.63) is 29.6 Å². The van der Waals surface area contributed by atoms with E-state index in [1.165, 1.54) is 37.7 Å². The van der Waals surface area contributed by atoms with Crippen LogP contribution < -0.4 is 4.90 Å². The van der Waals surface area contributed by atoms with Gasteiger partial charge in [0.1, 0.15) is 5.82 Å². The van der Waals surface area contributed by atoms with Crippen LogP contribution in [-0.2, 0) is 0 Å². The summed E-state index contributed by atoms with van der Waals surface area (Å²) in [5.41, 5.74) is 3.16. The van der Waals surface area contributed by atoms with Crippen molar-refractivity contribution >= 4 is 22.5 Å². The van der Waals surface area contributed by atoms with E-state index in [4.69, 9.17) is 4.98 Å². The van der Waals surface area contributed by atoms with E-state index in [0.717, 1.165) is 28.3 Å². The molecule has 1 aliphatic carbocycles. The number of anilines is 1. The van der Waals surface area contributed by atoms with Crippen LogP contribution in [0.25, 0.3) is 16.6 Å². The lowest BCUT2D eigenvalue weighted by Crippen LogP contribution is -2.29. The highest BCUT2D eigenvalue weighted by Crippen LogP contribution is 2.34. The second kappa shape index (κ2) is 6.28. The van der Waals surface area contributed by atoms with Gasteiger partial charge in [-0.05, 0) is 45.7 Å². The third kappa shape index (κ3) is 2.75. The number of nitrogens with zero attached hydrogens (tertiary/aromatic N) is 5. The Morgan fingerprint density at radius 1 is 1.12 bits per heavy atom. The van der Waals surface area contributed by atoms with Gasteiger partial charge in [0.25, 0.3) is 0 Å². The van der Waals surface area contributed by atoms with Crippen molar-refractivity contribution in [2.75, 3.05) is 11.9 Å². The fraction of sp³-hybridized carbons (Fsp3) is 0.550. The summed E-state index contributed by atoms with van der Waals surface area (Å²) in [6.45, 7) is 6.50. The van der Waals surface area contributed by atoms with Gasteiger partial charge in [-0.15, -0.1) is 10.2 Å². The van der Waals surface area contributed by atoms with Gasteiger partial charge < -0.3 is 4.90 Å². The lowest BCUT2D eigenvalue weighted by molar-refractivity contribution is 0.426. The van der Waals surface area contributed by atoms with Crippen molar-refractivity contribution in [3.63, 3.8) is 0 Å². The highest BCUT2D eigenvalue weighted by atomic mass is 15.4. The maximum atomic E-state index is 5.00. The van der Waals surface area contributed by atoms with E-state index < -0.39 is 0 Å². The molecule has 0 radical (unpaired) electrons. The number of rotatable bonds is 3. The lowest BCUT2D eigenvalue weighted by Gasteiger charge is -2.26. The number of aromatic nitrogens is 4. The SMILES string of the molecule is Cc1ccc2nc(N(C)C(C)C)n3c(C4CCCCC4)nnc3c2c1. The molecule has 132 valence electrons. The molecule has 0 unspecified atom stereocenters. The van der Waals surface area contributed by atoms with Crippen LogP contribution in [0.15, 0.2) is 18.2 Å². The molecule has 0 spiro atoms. The normalized spacial score (nSPS) is 16.2. The molecule has 4 rings (SSSR count). The monoisotopic (exact) mass is 337 g/mol. The Morgan fingerprint density at radius 3 is 2.60 bits per heavy atom. The number of benzene rings is 1. The second-order valence-corrected chi connectivity index (χ2v) is 7.69. The Hall–Kier alpha value is -2.17. The third-order valence-corrected chi connectivity index (χ3v) is 5.56. The van der Waals surface area contributed by atoms with Crippen LogP contribution in [-0.4, -0.2) is 32.7 Å². The summed E-state index contributed by atoms with van der Waals surface area (Å²) >= 11 is 0. The Morgan fingerprint density at radius 2 is 1.88 bits per heavy atom. The molecule has 0 bridgehead atoms. The minimum Gasteiger partial charge on any atom is -0.342 e. The highest BCUT2D eigenvalue weighted by Gasteiger charge is 2.25. The predicted molar refractivity (Wildman–Crippen MR) is 102 cm³/mol. The molecule has 5 heteroatoms. The van der Waals surface area contributed by atoms with Crippen molar-refractivity contribution in [3.8, 4) is 0 Å². The zero-order valence-corrected chi connectivity index (χ0v) is 15.7. The van der Waals surface area contributed by atoms with Gasteiger partial charge >= 0.3 is 0 Å². The maximum Gasteiger partial charge on any atom is 0.213 e. The first-order chi connectivity index (χ1) is 12.1. The van der Waals surface area contributed by atoms with E-state index >= 15 is 0 Å². The van der Waals surface area contributed by atoms with Gasteiger partial charge in [0.15, 0.2) is 5.65 Å². The van der Waals surface area contributed by atoms with E-state index in [1.807, 2.05) is 0 Å². The Labute approximate surface area is 149 Å². The van der Waals surface area contributed by atoms with Gasteiger partial charge in [-0.25, -0.2) is 9.38 Å². The van der Waals surface area contributed by atoms with Crippen molar-refractivity contribution in [2.45, 2.75) is 64.8 Å². The van der Waals surface area contributed by atoms with E-state index in [2.05, 4.69) is 65.5 Å². The summed E-state index contributed by atoms with van der Waals surface area (Å²) in [6.07, 6.45) is 6.32. The molecule has 2 heterocycles. The molecule has 0 saturated heterocycles. The Balaban J connectivity index is 2.01. The summed E-state index contributed by atoms with van der Waals surface area (Å²) in [4.78, 5) is 7.23. The Bertz CT molecular complexity index is 905. The molecule has 2 aromatic heterocycles. The van der Waals surface area contributed by atoms with Gasteiger partial charge in [0.05, 0.1) is 5.52 Å². The molecule has 0 atom stereocenters. The molecule has 1 fully saturated rings. The topological polar surface area (TPSA) is 46.3 Å². The molecule has 1 saturated carbocycles. The van der Waals surface area contributed by atoms with E-state index in [9.17, 15) is 0 Å². The van der Waals surface area contributed by atoms with Crippen LogP contribution in [0.3, 0.4) is 0 Å². The van der Waals surface area contributed by atoms with E-state index in [0.29, 0.717) is 12.0 Å². The molecule has 0 N–H and O–H groups in total. The summed E-state index contributed by atoms with van der Waals surface area (Å²) in [5.74, 6) is 2.53. The average Bonchev–Trinajstić information content (AvgIpc) is 3.06. The smallest absolute Gasteiger partial charge is 0.213 e. The predicted octanol–water partition coefficient (Wildman–Crippen LogP) is 4.48. The molecule has 3 aromatic rings. The zero-order valence-electron chi connectivity index (χ0n) is 15.7. The molecule has 1 aromatic carbocycles. The van der Waals surface area contributed by atoms with Crippen molar-refractivity contribution in [1.29, 1.82) is 0 Å². The molecule has 1 aliphatic rings. The number of fused-ring (bicyclic) bond motifs is 3. The zero-order chi connectivity index (χ0) is 17.6. The molecule has 25 heavy (non-hydrogen) atoms. The quantitative estimate of drug-likeness (QED) is 0.707. The van der Waals surface area contributed by atoms with Gasteiger partial charge in [-0.3, -0.25) is 0 Å². The van der Waals surface area contributed by atoms with Crippen LogP contribution in [0.5, 0.6) is 0 Å². The summed E-state index contributed by atoms with van der Waals surface area (Å²) in [5, 5.41) is 10.4. The number of hydrogen-bond acceptors (Lipinski definition) is 4. The van der Waals surface area contributed by atoms with Crippen LogP contribution in [0.1, 0.15) is 63.3 Å². The Kier molecular flexibility index (Phi) is 4.10. The standard InChI is InChI=1S/C20H27N5/c1-13(2)24(4)20-21-17-11-10-14(3)12-16(17)19-23-22-18(25(19)20)15-8-6-5-7-9-15/h10-13,15H,5-9H2,1-4H3. The van der Waals surface area contributed by atoms with Crippen LogP contribution in [0, 0.1) is 6.92 Å². The van der Waals surface area contributed by atoms with Crippen LogP contribution >= 0.6 is 0 Å². The third-order valence-electron chi connectivity index (χ3n) is 5.56. The highest BCUT2D eigenvalue weighted by molar-refractivity contribution is 5.93. The molecule has 0 amide bonds. The van der Waals surface area contributed by atoms with E-state index in [-0.39, 0.29) is 0 Å². The minimum atomic E-state index is 0.361. The van der Waals surface area contributed by atoms with Gasteiger partial charge in [0.2, 0.25) is 5.95 Å². The second-order valence-electron chi connectivity index (χ2n) is 7.69. The first-order valence-electron chi connectivity index (χ1n) is 9.44. The first-order valence-corrected chi connectivity index (χ1v) is 9.44. The molecular formula is C20H27N5. The largest absolute Gasteiger partial charge is 0.342 e. The fourth-order valence-corrected chi connectivity index (χ4v) is 3.84. The van der Waals surface area contributed by atoms with Crippen molar-refractivity contribution < 1.29 is 0 Å². The van der Waals surface area contributed by atoms with Gasteiger partial charge in [-0.1, -0.05) is 30.9 Å². The van der Waals surface area contributed by atoms with Crippen molar-refractivity contribution in [2.24, 2.45) is 0 Å². The van der Waals surface area contributed by atoms with Crippen molar-refractivity contribution in [1.82, 2.24) is 19.6 Å². The minimum absolute atomic E-state index is 0.361. The number of hydrogen-bond donors (Lipinski definition) is 0.